The van der Waals surface area contributed by atoms with Crippen molar-refractivity contribution in [2.45, 2.75) is 39.3 Å². The molecule has 0 aromatic heterocycles. The summed E-state index contributed by atoms with van der Waals surface area (Å²) in [4.78, 5) is 14.0. The van der Waals surface area contributed by atoms with Crippen LogP contribution in [-0.4, -0.2) is 35.7 Å². The van der Waals surface area contributed by atoms with E-state index in [0.717, 1.165) is 36.1 Å². The van der Waals surface area contributed by atoms with Crippen molar-refractivity contribution in [2.24, 2.45) is 5.92 Å². The molecule has 0 aliphatic carbocycles. The van der Waals surface area contributed by atoms with Crippen molar-refractivity contribution in [1.29, 1.82) is 0 Å². The summed E-state index contributed by atoms with van der Waals surface area (Å²) in [5, 5.41) is 9.66. The lowest BCUT2D eigenvalue weighted by Crippen LogP contribution is -2.41. The first-order valence-corrected chi connectivity index (χ1v) is 12.0. The van der Waals surface area contributed by atoms with Crippen molar-refractivity contribution in [1.82, 2.24) is 4.90 Å². The average molecular weight is 460 g/mol. The van der Waals surface area contributed by atoms with Gasteiger partial charge in [-0.25, -0.2) is 0 Å². The molecule has 0 amide bonds. The van der Waals surface area contributed by atoms with Gasteiger partial charge in [0.1, 0.15) is 6.61 Å². The van der Waals surface area contributed by atoms with Gasteiger partial charge in [0, 0.05) is 6.54 Å². The molecule has 1 heterocycles. The van der Waals surface area contributed by atoms with Gasteiger partial charge in [-0.1, -0.05) is 66.2 Å². The summed E-state index contributed by atoms with van der Waals surface area (Å²) in [6.07, 6.45) is 1.60. The molecule has 3 aromatic rings. The summed E-state index contributed by atoms with van der Waals surface area (Å²) >= 11 is 0. The van der Waals surface area contributed by atoms with Crippen LogP contribution in [0.2, 0.25) is 0 Å². The van der Waals surface area contributed by atoms with Gasteiger partial charge < -0.3 is 14.6 Å². The first kappa shape index (κ1) is 23.8. The van der Waals surface area contributed by atoms with E-state index in [0.29, 0.717) is 31.3 Å². The average Bonchev–Trinajstić information content (AvgIpc) is 2.86. The summed E-state index contributed by atoms with van der Waals surface area (Å²) in [5.74, 6) is 0.354. The topological polar surface area (TPSA) is 59.0 Å². The van der Waals surface area contributed by atoms with Crippen LogP contribution >= 0.6 is 0 Å². The third-order valence-corrected chi connectivity index (χ3v) is 6.38. The number of piperidine rings is 1. The Hall–Kier alpha value is -3.31. The van der Waals surface area contributed by atoms with Crippen molar-refractivity contribution in [3.63, 3.8) is 0 Å². The molecule has 0 bridgehead atoms. The van der Waals surface area contributed by atoms with Gasteiger partial charge >= 0.3 is 5.97 Å². The first-order valence-electron chi connectivity index (χ1n) is 12.0. The molecule has 1 saturated heterocycles. The Morgan fingerprint density at radius 2 is 1.74 bits per heavy atom. The molecule has 5 nitrogen and oxygen atoms in total. The summed E-state index contributed by atoms with van der Waals surface area (Å²) < 4.78 is 12.1. The third-order valence-electron chi connectivity index (χ3n) is 6.38. The second-order valence-electron chi connectivity index (χ2n) is 8.90. The Morgan fingerprint density at radius 3 is 2.44 bits per heavy atom. The summed E-state index contributed by atoms with van der Waals surface area (Å²) in [7, 11) is 0. The maximum atomic E-state index is 11.7. The van der Waals surface area contributed by atoms with Crippen LogP contribution in [0.3, 0.4) is 0 Å². The van der Waals surface area contributed by atoms with E-state index in [4.69, 9.17) is 9.47 Å². The van der Waals surface area contributed by atoms with E-state index in [1.165, 1.54) is 5.56 Å². The van der Waals surface area contributed by atoms with Gasteiger partial charge in [-0.15, -0.1) is 0 Å². The molecule has 2 unspecified atom stereocenters. The molecule has 0 saturated carbocycles. The monoisotopic (exact) mass is 459 g/mol. The molecule has 5 heteroatoms. The van der Waals surface area contributed by atoms with Crippen LogP contribution in [0.25, 0.3) is 0 Å². The predicted octanol–water partition coefficient (Wildman–Crippen LogP) is 5.86. The van der Waals surface area contributed by atoms with Crippen LogP contribution in [0.1, 0.15) is 48.1 Å². The van der Waals surface area contributed by atoms with Crippen molar-refractivity contribution in [3.05, 3.63) is 95.1 Å². The van der Waals surface area contributed by atoms with Crippen molar-refractivity contribution in [3.8, 4) is 11.5 Å². The zero-order valence-electron chi connectivity index (χ0n) is 19.9. The van der Waals surface area contributed by atoms with Gasteiger partial charge in [0.25, 0.3) is 0 Å². The highest BCUT2D eigenvalue weighted by atomic mass is 16.5. The Morgan fingerprint density at radius 1 is 1.00 bits per heavy atom. The SMILES string of the molecule is CCOc1cc(C(c2ccc(C)cc2)N2CCCC(C(=O)O)C2)ccc1OCc1ccccc1. The number of aliphatic carboxylic acids is 1. The van der Waals surface area contributed by atoms with Crippen molar-refractivity contribution >= 4 is 5.97 Å². The number of likely N-dealkylation sites (tertiary alicyclic amines) is 1. The van der Waals surface area contributed by atoms with Crippen molar-refractivity contribution < 1.29 is 19.4 Å². The van der Waals surface area contributed by atoms with Gasteiger partial charge in [0.2, 0.25) is 0 Å². The molecule has 1 aliphatic heterocycles. The number of carbonyl (C=O) groups is 1. The standard InChI is InChI=1S/C29H33NO4/c1-3-33-27-18-24(15-16-26(27)34-20-22-8-5-4-6-9-22)28(23-13-11-21(2)12-14-23)30-17-7-10-25(19-30)29(31)32/h4-6,8-9,11-16,18,25,28H,3,7,10,17,19-20H2,1-2H3,(H,31,32). The number of ether oxygens (including phenoxy) is 2. The van der Waals surface area contributed by atoms with Crippen LogP contribution in [0.15, 0.2) is 72.8 Å². The minimum absolute atomic E-state index is 0.0508. The highest BCUT2D eigenvalue weighted by Crippen LogP contribution is 2.37. The largest absolute Gasteiger partial charge is 0.490 e. The summed E-state index contributed by atoms with van der Waals surface area (Å²) in [6, 6.07) is 24.6. The number of carboxylic acids is 1. The summed E-state index contributed by atoms with van der Waals surface area (Å²) in [6.45, 7) is 6.43. The van der Waals surface area contributed by atoms with Crippen molar-refractivity contribution in [2.75, 3.05) is 19.7 Å². The molecule has 1 N–H and O–H groups in total. The number of aryl methyl sites for hydroxylation is 1. The van der Waals surface area contributed by atoms with Crippen LogP contribution in [0.4, 0.5) is 0 Å². The van der Waals surface area contributed by atoms with E-state index in [9.17, 15) is 9.90 Å². The minimum atomic E-state index is -0.716. The van der Waals surface area contributed by atoms with Crippen LogP contribution < -0.4 is 9.47 Å². The molecular weight excluding hydrogens is 426 g/mol. The molecule has 0 spiro atoms. The van der Waals surface area contributed by atoms with E-state index in [1.54, 1.807) is 0 Å². The smallest absolute Gasteiger partial charge is 0.307 e. The number of hydrogen-bond acceptors (Lipinski definition) is 4. The van der Waals surface area contributed by atoms with E-state index in [1.807, 2.05) is 43.3 Å². The van der Waals surface area contributed by atoms with Gasteiger partial charge in [0.15, 0.2) is 11.5 Å². The molecule has 34 heavy (non-hydrogen) atoms. The molecule has 0 radical (unpaired) electrons. The number of hydrogen-bond donors (Lipinski definition) is 1. The fraction of sp³-hybridized carbons (Fsp3) is 0.345. The molecule has 3 aromatic carbocycles. The predicted molar refractivity (Wildman–Crippen MR) is 133 cm³/mol. The summed E-state index contributed by atoms with van der Waals surface area (Å²) in [5.41, 5.74) is 4.52. The second-order valence-corrected chi connectivity index (χ2v) is 8.90. The zero-order chi connectivity index (χ0) is 23.9. The Bertz CT molecular complexity index is 1080. The number of carboxylic acid groups (broad SMARTS) is 1. The van der Waals surface area contributed by atoms with E-state index >= 15 is 0 Å². The quantitative estimate of drug-likeness (QED) is 0.434. The Kier molecular flexibility index (Phi) is 7.86. The maximum Gasteiger partial charge on any atom is 0.307 e. The molecule has 4 rings (SSSR count). The minimum Gasteiger partial charge on any atom is -0.490 e. The van der Waals surface area contributed by atoms with E-state index in [2.05, 4.69) is 48.2 Å². The van der Waals surface area contributed by atoms with E-state index < -0.39 is 5.97 Å². The molecule has 1 fully saturated rings. The molecular formula is C29H33NO4. The third kappa shape index (κ3) is 5.78. The number of benzene rings is 3. The van der Waals surface area contributed by atoms with Gasteiger partial charge in [-0.05, 0) is 62.1 Å². The lowest BCUT2D eigenvalue weighted by atomic mass is 9.91. The second kappa shape index (κ2) is 11.2. The fourth-order valence-electron chi connectivity index (χ4n) is 4.62. The van der Waals surface area contributed by atoms with Gasteiger partial charge in [0.05, 0.1) is 18.6 Å². The fourth-order valence-corrected chi connectivity index (χ4v) is 4.62. The highest BCUT2D eigenvalue weighted by Gasteiger charge is 2.31. The van der Waals surface area contributed by atoms with Crippen LogP contribution in [-0.2, 0) is 11.4 Å². The molecule has 2 atom stereocenters. The maximum absolute atomic E-state index is 11.7. The van der Waals surface area contributed by atoms with Crippen LogP contribution in [0, 0.1) is 12.8 Å². The highest BCUT2D eigenvalue weighted by molar-refractivity contribution is 5.70. The number of rotatable bonds is 9. The molecule has 178 valence electrons. The molecule has 1 aliphatic rings. The normalized spacial score (nSPS) is 17.2. The Labute approximate surface area is 201 Å². The number of nitrogens with zero attached hydrogens (tertiary/aromatic N) is 1. The zero-order valence-corrected chi connectivity index (χ0v) is 19.9. The van der Waals surface area contributed by atoms with Gasteiger partial charge in [-0.3, -0.25) is 9.69 Å². The van der Waals surface area contributed by atoms with Gasteiger partial charge in [-0.2, -0.15) is 0 Å². The first-order chi connectivity index (χ1) is 16.5. The van der Waals surface area contributed by atoms with Crippen LogP contribution in [0.5, 0.6) is 11.5 Å². The Balaban J connectivity index is 1.66. The lowest BCUT2D eigenvalue weighted by Gasteiger charge is -2.38. The lowest BCUT2D eigenvalue weighted by molar-refractivity contribution is -0.143. The van der Waals surface area contributed by atoms with E-state index in [-0.39, 0.29) is 12.0 Å².